The molecular formula is C20H21N3O3S. The highest BCUT2D eigenvalue weighted by atomic mass is 32.1. The molecule has 0 radical (unpaired) electrons. The highest BCUT2D eigenvalue weighted by Gasteiger charge is 2.34. The molecule has 1 aromatic carbocycles. The van der Waals surface area contributed by atoms with Crippen LogP contribution >= 0.6 is 12.2 Å². The molecule has 140 valence electrons. The van der Waals surface area contributed by atoms with Crippen LogP contribution in [0.3, 0.4) is 0 Å². The Labute approximate surface area is 163 Å². The summed E-state index contributed by atoms with van der Waals surface area (Å²) in [6, 6.07) is 8.99. The van der Waals surface area contributed by atoms with Crippen LogP contribution < -0.4 is 15.0 Å². The number of amides is 2. The number of rotatable bonds is 4. The fourth-order valence-corrected chi connectivity index (χ4v) is 3.24. The quantitative estimate of drug-likeness (QED) is 0.501. The van der Waals surface area contributed by atoms with Crippen LogP contribution in [0.1, 0.15) is 23.9 Å². The Balaban J connectivity index is 2.02. The lowest BCUT2D eigenvalue weighted by Crippen LogP contribution is -2.54. The van der Waals surface area contributed by atoms with Gasteiger partial charge in [0.1, 0.15) is 11.3 Å². The topological polar surface area (TPSA) is 63.6 Å². The smallest absolute Gasteiger partial charge is 0.270 e. The summed E-state index contributed by atoms with van der Waals surface area (Å²) in [5.41, 5.74) is 3.42. The number of nitrogens with one attached hydrogen (secondary N) is 1. The van der Waals surface area contributed by atoms with E-state index >= 15 is 0 Å². The summed E-state index contributed by atoms with van der Waals surface area (Å²) in [5.74, 6) is -0.330. The minimum atomic E-state index is -0.497. The molecule has 27 heavy (non-hydrogen) atoms. The van der Waals surface area contributed by atoms with Crippen molar-refractivity contribution in [1.29, 1.82) is 0 Å². The van der Waals surface area contributed by atoms with Crippen molar-refractivity contribution in [2.45, 2.75) is 20.8 Å². The Morgan fingerprint density at radius 3 is 2.59 bits per heavy atom. The number of thiocarbonyl (C=S) groups is 1. The standard InChI is InChI=1S/C20H21N3O3S/c1-5-26-16-8-6-7-15(11-16)23-19(25)17(18(24)21-20(23)27)10-14-9-12(2)22(4)13(14)3/h6-11H,5H2,1-4H3,(H,21,24,27)/b17-10+. The van der Waals surface area contributed by atoms with Crippen LogP contribution in [0.15, 0.2) is 35.9 Å². The first-order valence-corrected chi connectivity index (χ1v) is 9.01. The van der Waals surface area contributed by atoms with E-state index in [0.29, 0.717) is 18.0 Å². The summed E-state index contributed by atoms with van der Waals surface area (Å²) in [5, 5.41) is 2.66. The van der Waals surface area contributed by atoms with Gasteiger partial charge >= 0.3 is 0 Å². The van der Waals surface area contributed by atoms with Gasteiger partial charge in [0, 0.05) is 24.5 Å². The molecule has 1 fully saturated rings. The number of carbonyl (C=O) groups excluding carboxylic acids is 2. The van der Waals surface area contributed by atoms with Gasteiger partial charge in [-0.15, -0.1) is 0 Å². The molecule has 1 N–H and O–H groups in total. The molecule has 1 aliphatic rings. The normalized spacial score (nSPS) is 16.1. The Bertz CT molecular complexity index is 975. The molecule has 2 aromatic rings. The molecule has 0 spiro atoms. The van der Waals surface area contributed by atoms with Crippen molar-refractivity contribution in [1.82, 2.24) is 9.88 Å². The van der Waals surface area contributed by atoms with Gasteiger partial charge in [0.15, 0.2) is 5.11 Å². The molecular weight excluding hydrogens is 362 g/mol. The first kappa shape index (κ1) is 18.8. The third-order valence-electron chi connectivity index (χ3n) is 4.60. The molecule has 3 rings (SSSR count). The van der Waals surface area contributed by atoms with E-state index in [9.17, 15) is 9.59 Å². The highest BCUT2D eigenvalue weighted by Crippen LogP contribution is 2.26. The summed E-state index contributed by atoms with van der Waals surface area (Å²) in [7, 11) is 1.94. The number of hydrogen-bond acceptors (Lipinski definition) is 4. The van der Waals surface area contributed by atoms with E-state index in [0.717, 1.165) is 17.0 Å². The average Bonchev–Trinajstić information content (AvgIpc) is 2.86. The summed E-state index contributed by atoms with van der Waals surface area (Å²) in [6.45, 7) is 6.31. The van der Waals surface area contributed by atoms with Crippen LogP contribution in [-0.2, 0) is 16.6 Å². The minimum absolute atomic E-state index is 0.0408. The van der Waals surface area contributed by atoms with Crippen molar-refractivity contribution in [3.63, 3.8) is 0 Å². The third-order valence-corrected chi connectivity index (χ3v) is 4.89. The van der Waals surface area contributed by atoms with Gasteiger partial charge in [0.25, 0.3) is 11.8 Å². The summed E-state index contributed by atoms with van der Waals surface area (Å²) < 4.78 is 7.50. The maximum absolute atomic E-state index is 13.1. The fraction of sp³-hybridized carbons (Fsp3) is 0.250. The number of hydrogen-bond donors (Lipinski definition) is 1. The molecule has 1 saturated heterocycles. The van der Waals surface area contributed by atoms with Crippen LogP contribution in [0.5, 0.6) is 5.75 Å². The molecule has 6 nitrogen and oxygen atoms in total. The molecule has 1 aromatic heterocycles. The van der Waals surface area contributed by atoms with Crippen molar-refractivity contribution in [2.75, 3.05) is 11.5 Å². The van der Waals surface area contributed by atoms with Gasteiger partial charge in [-0.2, -0.15) is 0 Å². The molecule has 0 atom stereocenters. The molecule has 2 heterocycles. The molecule has 1 aliphatic heterocycles. The van der Waals surface area contributed by atoms with Gasteiger partial charge in [0.2, 0.25) is 0 Å². The predicted octanol–water partition coefficient (Wildman–Crippen LogP) is 2.87. The van der Waals surface area contributed by atoms with E-state index < -0.39 is 11.8 Å². The van der Waals surface area contributed by atoms with Crippen molar-refractivity contribution in [2.24, 2.45) is 7.05 Å². The van der Waals surface area contributed by atoms with Crippen LogP contribution in [0.4, 0.5) is 5.69 Å². The molecule has 0 saturated carbocycles. The maximum atomic E-state index is 13.1. The molecule has 0 aliphatic carbocycles. The fourth-order valence-electron chi connectivity index (χ4n) is 2.96. The molecule has 7 heteroatoms. The van der Waals surface area contributed by atoms with Crippen molar-refractivity contribution < 1.29 is 14.3 Å². The van der Waals surface area contributed by atoms with E-state index in [1.54, 1.807) is 30.3 Å². The number of carbonyl (C=O) groups is 2. The van der Waals surface area contributed by atoms with Gasteiger partial charge in [-0.1, -0.05) is 6.07 Å². The summed E-state index contributed by atoms with van der Waals surface area (Å²) >= 11 is 5.24. The second-order valence-corrected chi connectivity index (χ2v) is 6.66. The van der Waals surface area contributed by atoms with Crippen molar-refractivity contribution in [3.05, 3.63) is 52.9 Å². The van der Waals surface area contributed by atoms with Gasteiger partial charge in [0.05, 0.1) is 12.3 Å². The largest absolute Gasteiger partial charge is 0.494 e. The van der Waals surface area contributed by atoms with E-state index in [-0.39, 0.29) is 10.7 Å². The molecule has 0 unspecified atom stereocenters. The van der Waals surface area contributed by atoms with Crippen LogP contribution in [0.25, 0.3) is 6.08 Å². The van der Waals surface area contributed by atoms with Gasteiger partial charge in [-0.05, 0) is 62.8 Å². The van der Waals surface area contributed by atoms with Crippen LogP contribution in [-0.4, -0.2) is 28.1 Å². The highest BCUT2D eigenvalue weighted by molar-refractivity contribution is 7.80. The van der Waals surface area contributed by atoms with Gasteiger partial charge in [-0.25, -0.2) is 0 Å². The lowest BCUT2D eigenvalue weighted by molar-refractivity contribution is -0.122. The number of aromatic nitrogens is 1. The Hall–Kier alpha value is -2.93. The second-order valence-electron chi connectivity index (χ2n) is 6.27. The maximum Gasteiger partial charge on any atom is 0.270 e. The van der Waals surface area contributed by atoms with E-state index in [1.807, 2.05) is 38.5 Å². The molecule has 2 amide bonds. The van der Waals surface area contributed by atoms with E-state index in [4.69, 9.17) is 17.0 Å². The Kier molecular flexibility index (Phi) is 5.14. The SMILES string of the molecule is CCOc1cccc(N2C(=O)/C(=C/c3cc(C)n(C)c3C)C(=O)NC2=S)c1. The van der Waals surface area contributed by atoms with Gasteiger partial charge in [-0.3, -0.25) is 19.8 Å². The average molecular weight is 383 g/mol. The zero-order chi connectivity index (χ0) is 19.7. The number of ether oxygens (including phenoxy) is 1. The Morgan fingerprint density at radius 1 is 1.22 bits per heavy atom. The lowest BCUT2D eigenvalue weighted by atomic mass is 10.1. The number of benzene rings is 1. The number of anilines is 1. The van der Waals surface area contributed by atoms with Crippen LogP contribution in [0, 0.1) is 13.8 Å². The predicted molar refractivity (Wildman–Crippen MR) is 109 cm³/mol. The van der Waals surface area contributed by atoms with Gasteiger partial charge < -0.3 is 9.30 Å². The Morgan fingerprint density at radius 2 is 1.96 bits per heavy atom. The van der Waals surface area contributed by atoms with E-state index in [2.05, 4.69) is 5.32 Å². The first-order valence-electron chi connectivity index (χ1n) is 8.60. The zero-order valence-corrected chi connectivity index (χ0v) is 16.5. The second kappa shape index (κ2) is 7.36. The lowest BCUT2D eigenvalue weighted by Gasteiger charge is -2.29. The van der Waals surface area contributed by atoms with Crippen LogP contribution in [0.2, 0.25) is 0 Å². The minimum Gasteiger partial charge on any atom is -0.494 e. The molecule has 0 bridgehead atoms. The number of aryl methyl sites for hydroxylation is 1. The summed E-state index contributed by atoms with van der Waals surface area (Å²) in [4.78, 5) is 26.8. The van der Waals surface area contributed by atoms with Crippen molar-refractivity contribution >= 4 is 40.9 Å². The number of nitrogens with zero attached hydrogens (tertiary/aromatic N) is 2. The first-order chi connectivity index (χ1) is 12.8. The van der Waals surface area contributed by atoms with E-state index in [1.165, 1.54) is 4.90 Å². The van der Waals surface area contributed by atoms with Crippen molar-refractivity contribution in [3.8, 4) is 5.75 Å². The summed E-state index contributed by atoms with van der Waals surface area (Å²) in [6.07, 6.45) is 1.61. The zero-order valence-electron chi connectivity index (χ0n) is 15.7. The third kappa shape index (κ3) is 3.50. The monoisotopic (exact) mass is 383 g/mol.